The SMILES string of the molecule is O=C(NCc1ccc2c(c1)OCO2)C(=S)NCc1ccccc1. The quantitative estimate of drug-likeness (QED) is 0.842. The summed E-state index contributed by atoms with van der Waals surface area (Å²) in [6.07, 6.45) is 0. The second kappa shape index (κ2) is 7.11. The van der Waals surface area contributed by atoms with Gasteiger partial charge in [0.1, 0.15) is 0 Å². The lowest BCUT2D eigenvalue weighted by Gasteiger charge is -2.09. The van der Waals surface area contributed by atoms with Gasteiger partial charge < -0.3 is 20.1 Å². The number of carbonyl (C=O) groups is 1. The molecule has 0 atom stereocenters. The Morgan fingerprint density at radius 2 is 1.70 bits per heavy atom. The summed E-state index contributed by atoms with van der Waals surface area (Å²) in [5.41, 5.74) is 1.99. The maximum absolute atomic E-state index is 12.0. The number of benzene rings is 2. The van der Waals surface area contributed by atoms with E-state index in [1.165, 1.54) is 0 Å². The van der Waals surface area contributed by atoms with Crippen LogP contribution in [-0.2, 0) is 17.9 Å². The van der Waals surface area contributed by atoms with Gasteiger partial charge in [0.25, 0.3) is 5.91 Å². The highest BCUT2D eigenvalue weighted by Crippen LogP contribution is 2.32. The van der Waals surface area contributed by atoms with Gasteiger partial charge in [0.15, 0.2) is 16.5 Å². The van der Waals surface area contributed by atoms with Gasteiger partial charge in [-0.3, -0.25) is 4.79 Å². The van der Waals surface area contributed by atoms with Crippen LogP contribution in [0, 0.1) is 0 Å². The number of thiocarbonyl (C=S) groups is 1. The van der Waals surface area contributed by atoms with Gasteiger partial charge >= 0.3 is 0 Å². The van der Waals surface area contributed by atoms with Gasteiger partial charge in [0, 0.05) is 13.1 Å². The first-order valence-electron chi connectivity index (χ1n) is 7.21. The van der Waals surface area contributed by atoms with E-state index in [1.807, 2.05) is 48.5 Å². The molecule has 0 saturated carbocycles. The number of fused-ring (bicyclic) bond motifs is 1. The zero-order valence-electron chi connectivity index (χ0n) is 12.4. The van der Waals surface area contributed by atoms with Crippen LogP contribution in [0.25, 0.3) is 0 Å². The predicted octanol–water partition coefficient (Wildman–Crippen LogP) is 2.15. The van der Waals surface area contributed by atoms with Crippen LogP contribution in [0.15, 0.2) is 48.5 Å². The minimum absolute atomic E-state index is 0.176. The lowest BCUT2D eigenvalue weighted by Crippen LogP contribution is -2.37. The summed E-state index contributed by atoms with van der Waals surface area (Å²) < 4.78 is 10.6. The lowest BCUT2D eigenvalue weighted by atomic mass is 10.2. The van der Waals surface area contributed by atoms with Gasteiger partial charge in [-0.25, -0.2) is 0 Å². The molecule has 1 heterocycles. The Hall–Kier alpha value is -2.60. The van der Waals surface area contributed by atoms with Crippen LogP contribution in [0.4, 0.5) is 0 Å². The summed E-state index contributed by atoms with van der Waals surface area (Å²) in [6, 6.07) is 15.3. The number of hydrogen-bond acceptors (Lipinski definition) is 4. The lowest BCUT2D eigenvalue weighted by molar-refractivity contribution is -0.115. The molecule has 5 nitrogen and oxygen atoms in total. The van der Waals surface area contributed by atoms with Crippen LogP contribution < -0.4 is 20.1 Å². The summed E-state index contributed by atoms with van der Waals surface area (Å²) in [4.78, 5) is 12.2. The second-order valence-corrected chi connectivity index (χ2v) is 5.45. The van der Waals surface area contributed by atoms with Crippen LogP contribution in [-0.4, -0.2) is 17.7 Å². The smallest absolute Gasteiger partial charge is 0.278 e. The van der Waals surface area contributed by atoms with E-state index in [2.05, 4.69) is 10.6 Å². The first-order valence-corrected chi connectivity index (χ1v) is 7.62. The Labute approximate surface area is 139 Å². The van der Waals surface area contributed by atoms with Gasteiger partial charge in [-0.05, 0) is 23.3 Å². The van der Waals surface area contributed by atoms with Gasteiger partial charge in [-0.2, -0.15) is 0 Å². The maximum atomic E-state index is 12.0. The topological polar surface area (TPSA) is 59.6 Å². The standard InChI is InChI=1S/C17H16N2O3S/c20-16(17(23)19-9-12-4-2-1-3-5-12)18-10-13-6-7-14-15(8-13)22-11-21-14/h1-8H,9-11H2,(H,18,20)(H,19,23). The molecule has 23 heavy (non-hydrogen) atoms. The second-order valence-electron chi connectivity index (χ2n) is 5.04. The fourth-order valence-electron chi connectivity index (χ4n) is 2.17. The summed E-state index contributed by atoms with van der Waals surface area (Å²) in [7, 11) is 0. The van der Waals surface area contributed by atoms with E-state index in [1.54, 1.807) is 0 Å². The van der Waals surface area contributed by atoms with Crippen LogP contribution in [0.2, 0.25) is 0 Å². The van der Waals surface area contributed by atoms with E-state index >= 15 is 0 Å². The minimum atomic E-state index is -0.298. The Morgan fingerprint density at radius 1 is 0.957 bits per heavy atom. The number of carbonyl (C=O) groups excluding carboxylic acids is 1. The van der Waals surface area contributed by atoms with Crippen LogP contribution in [0.5, 0.6) is 11.5 Å². The molecule has 1 amide bonds. The average Bonchev–Trinajstić information content (AvgIpc) is 3.06. The van der Waals surface area contributed by atoms with E-state index in [4.69, 9.17) is 21.7 Å². The number of amides is 1. The van der Waals surface area contributed by atoms with E-state index < -0.39 is 0 Å². The van der Waals surface area contributed by atoms with Gasteiger partial charge in [-0.1, -0.05) is 48.6 Å². The normalized spacial score (nSPS) is 11.8. The molecule has 0 aliphatic carbocycles. The van der Waals surface area contributed by atoms with Crippen molar-refractivity contribution in [1.29, 1.82) is 0 Å². The van der Waals surface area contributed by atoms with Gasteiger partial charge in [0.2, 0.25) is 6.79 Å². The van der Waals surface area contributed by atoms with Crippen molar-refractivity contribution in [1.82, 2.24) is 10.6 Å². The molecule has 0 radical (unpaired) electrons. The Bertz CT molecular complexity index is 719. The zero-order chi connectivity index (χ0) is 16.1. The summed E-state index contributed by atoms with van der Waals surface area (Å²) >= 11 is 5.10. The molecule has 3 rings (SSSR count). The molecular weight excluding hydrogens is 312 g/mol. The molecule has 0 bridgehead atoms. The van der Waals surface area contributed by atoms with Crippen molar-refractivity contribution >= 4 is 23.1 Å². The Balaban J connectivity index is 1.48. The summed E-state index contributed by atoms with van der Waals surface area (Å²) in [5.74, 6) is 1.12. The van der Waals surface area contributed by atoms with Gasteiger partial charge in [0.05, 0.1) is 0 Å². The van der Waals surface area contributed by atoms with E-state index in [0.717, 1.165) is 16.9 Å². The van der Waals surface area contributed by atoms with Crippen LogP contribution in [0.3, 0.4) is 0 Å². The minimum Gasteiger partial charge on any atom is -0.454 e. The number of hydrogen-bond donors (Lipinski definition) is 2. The average molecular weight is 328 g/mol. The zero-order valence-corrected chi connectivity index (χ0v) is 13.2. The molecular formula is C17H16N2O3S. The molecule has 2 aromatic carbocycles. The molecule has 0 aromatic heterocycles. The number of nitrogens with one attached hydrogen (secondary N) is 2. The molecule has 118 valence electrons. The van der Waals surface area contributed by atoms with Crippen molar-refractivity contribution in [2.45, 2.75) is 13.1 Å². The number of rotatable bonds is 4. The third-order valence-electron chi connectivity index (χ3n) is 3.39. The molecule has 1 aliphatic heterocycles. The van der Waals surface area contributed by atoms with Crippen molar-refractivity contribution in [3.8, 4) is 11.5 Å². The van der Waals surface area contributed by atoms with Crippen molar-refractivity contribution in [2.75, 3.05) is 6.79 Å². The van der Waals surface area contributed by atoms with Crippen molar-refractivity contribution in [2.24, 2.45) is 0 Å². The summed E-state index contributed by atoms with van der Waals surface area (Å²) in [6.45, 7) is 1.14. The third kappa shape index (κ3) is 3.98. The molecule has 0 saturated heterocycles. The van der Waals surface area contributed by atoms with Crippen LogP contribution >= 0.6 is 12.2 Å². The van der Waals surface area contributed by atoms with E-state index in [0.29, 0.717) is 18.8 Å². The fraction of sp³-hybridized carbons (Fsp3) is 0.176. The molecule has 2 aromatic rings. The highest BCUT2D eigenvalue weighted by atomic mass is 32.1. The first-order chi connectivity index (χ1) is 11.2. The Kier molecular flexibility index (Phi) is 4.73. The van der Waals surface area contributed by atoms with Crippen molar-refractivity contribution in [3.05, 3.63) is 59.7 Å². The van der Waals surface area contributed by atoms with Gasteiger partial charge in [-0.15, -0.1) is 0 Å². The van der Waals surface area contributed by atoms with Crippen molar-refractivity contribution < 1.29 is 14.3 Å². The fourth-order valence-corrected chi connectivity index (χ4v) is 2.32. The predicted molar refractivity (Wildman–Crippen MR) is 90.3 cm³/mol. The van der Waals surface area contributed by atoms with E-state index in [-0.39, 0.29) is 17.7 Å². The molecule has 0 unspecified atom stereocenters. The molecule has 0 fully saturated rings. The largest absolute Gasteiger partial charge is 0.454 e. The maximum Gasteiger partial charge on any atom is 0.278 e. The molecule has 0 spiro atoms. The molecule has 1 aliphatic rings. The van der Waals surface area contributed by atoms with Crippen molar-refractivity contribution in [3.63, 3.8) is 0 Å². The Morgan fingerprint density at radius 3 is 2.52 bits per heavy atom. The van der Waals surface area contributed by atoms with Crippen LogP contribution in [0.1, 0.15) is 11.1 Å². The monoisotopic (exact) mass is 328 g/mol. The third-order valence-corrected chi connectivity index (χ3v) is 3.72. The number of ether oxygens (including phenoxy) is 2. The van der Waals surface area contributed by atoms with E-state index in [9.17, 15) is 4.79 Å². The first kappa shape index (κ1) is 15.3. The highest BCUT2D eigenvalue weighted by molar-refractivity contribution is 7.82. The molecule has 6 heteroatoms. The molecule has 2 N–H and O–H groups in total. The summed E-state index contributed by atoms with van der Waals surface area (Å²) in [5, 5.41) is 5.74. The highest BCUT2D eigenvalue weighted by Gasteiger charge is 2.14.